The van der Waals surface area contributed by atoms with Crippen molar-refractivity contribution in [2.45, 2.75) is 33.1 Å². The van der Waals surface area contributed by atoms with Gasteiger partial charge in [-0.2, -0.15) is 5.10 Å². The lowest BCUT2D eigenvalue weighted by Gasteiger charge is -2.19. The van der Waals surface area contributed by atoms with Crippen LogP contribution in [-0.2, 0) is 5.41 Å². The van der Waals surface area contributed by atoms with E-state index in [0.29, 0.717) is 6.54 Å². The standard InChI is InChI=1S/C15H21N3/c1-11-5-6-12(2)13(9-11)18-8-7-14(17-18)15(3,4)10-16/h5-9H,10,16H2,1-4H3. The summed E-state index contributed by atoms with van der Waals surface area (Å²) in [6.07, 6.45) is 2.01. The molecule has 0 fully saturated rings. The molecule has 2 N–H and O–H groups in total. The Morgan fingerprint density at radius 3 is 2.61 bits per heavy atom. The molecule has 1 heterocycles. The quantitative estimate of drug-likeness (QED) is 0.900. The van der Waals surface area contributed by atoms with Gasteiger partial charge in [-0.1, -0.05) is 26.0 Å². The van der Waals surface area contributed by atoms with E-state index in [9.17, 15) is 0 Å². The van der Waals surface area contributed by atoms with Gasteiger partial charge < -0.3 is 5.73 Å². The molecule has 0 aliphatic carbocycles. The monoisotopic (exact) mass is 243 g/mol. The summed E-state index contributed by atoms with van der Waals surface area (Å²) in [7, 11) is 0. The molecule has 1 aromatic heterocycles. The van der Waals surface area contributed by atoms with Gasteiger partial charge in [0.1, 0.15) is 0 Å². The third-order valence-corrected chi connectivity index (χ3v) is 3.40. The molecule has 0 saturated heterocycles. The molecule has 0 unspecified atom stereocenters. The molecule has 3 nitrogen and oxygen atoms in total. The van der Waals surface area contributed by atoms with E-state index < -0.39 is 0 Å². The molecule has 2 aromatic rings. The number of rotatable bonds is 3. The fourth-order valence-electron chi connectivity index (χ4n) is 1.89. The van der Waals surface area contributed by atoms with Crippen LogP contribution in [0.5, 0.6) is 0 Å². The van der Waals surface area contributed by atoms with Gasteiger partial charge in [-0.3, -0.25) is 0 Å². The third kappa shape index (κ3) is 2.31. The lowest BCUT2D eigenvalue weighted by molar-refractivity contribution is 0.515. The molecule has 0 radical (unpaired) electrons. The number of benzene rings is 1. The minimum atomic E-state index is -0.0804. The first-order chi connectivity index (χ1) is 8.44. The molecular weight excluding hydrogens is 222 g/mol. The fourth-order valence-corrected chi connectivity index (χ4v) is 1.89. The van der Waals surface area contributed by atoms with Crippen LogP contribution in [0.4, 0.5) is 0 Å². The highest BCUT2D eigenvalue weighted by Gasteiger charge is 2.21. The Labute approximate surface area is 109 Å². The molecule has 0 aliphatic rings. The van der Waals surface area contributed by atoms with Gasteiger partial charge in [0.15, 0.2) is 0 Å². The number of hydrogen-bond donors (Lipinski definition) is 1. The van der Waals surface area contributed by atoms with E-state index in [1.165, 1.54) is 11.1 Å². The highest BCUT2D eigenvalue weighted by atomic mass is 15.3. The summed E-state index contributed by atoms with van der Waals surface area (Å²) < 4.78 is 1.94. The molecule has 0 amide bonds. The molecule has 3 heteroatoms. The predicted molar refractivity (Wildman–Crippen MR) is 75.1 cm³/mol. The van der Waals surface area contributed by atoms with Crippen molar-refractivity contribution in [2.75, 3.05) is 6.54 Å². The number of nitrogens with zero attached hydrogens (tertiary/aromatic N) is 2. The minimum absolute atomic E-state index is 0.0804. The normalized spacial score (nSPS) is 11.8. The zero-order valence-electron chi connectivity index (χ0n) is 11.6. The average molecular weight is 243 g/mol. The first-order valence-electron chi connectivity index (χ1n) is 6.28. The van der Waals surface area contributed by atoms with Gasteiger partial charge in [0.05, 0.1) is 11.4 Å². The smallest absolute Gasteiger partial charge is 0.0697 e. The topological polar surface area (TPSA) is 43.8 Å². The summed E-state index contributed by atoms with van der Waals surface area (Å²) in [5, 5.41) is 4.66. The second-order valence-corrected chi connectivity index (χ2v) is 5.52. The van der Waals surface area contributed by atoms with E-state index in [2.05, 4.69) is 57.1 Å². The highest BCUT2D eigenvalue weighted by Crippen LogP contribution is 2.22. The van der Waals surface area contributed by atoms with Gasteiger partial charge in [0.25, 0.3) is 0 Å². The summed E-state index contributed by atoms with van der Waals surface area (Å²) >= 11 is 0. The predicted octanol–water partition coefficient (Wildman–Crippen LogP) is 2.73. The van der Waals surface area contributed by atoms with Crippen molar-refractivity contribution in [2.24, 2.45) is 5.73 Å². The van der Waals surface area contributed by atoms with Crippen LogP contribution in [0, 0.1) is 13.8 Å². The Morgan fingerprint density at radius 2 is 1.94 bits per heavy atom. The Morgan fingerprint density at radius 1 is 1.22 bits per heavy atom. The molecule has 0 atom stereocenters. The molecule has 18 heavy (non-hydrogen) atoms. The molecular formula is C15H21N3. The van der Waals surface area contributed by atoms with E-state index >= 15 is 0 Å². The van der Waals surface area contributed by atoms with E-state index in [-0.39, 0.29) is 5.41 Å². The first-order valence-corrected chi connectivity index (χ1v) is 6.28. The highest BCUT2D eigenvalue weighted by molar-refractivity contribution is 5.42. The lowest BCUT2D eigenvalue weighted by atomic mass is 9.90. The van der Waals surface area contributed by atoms with Crippen LogP contribution >= 0.6 is 0 Å². The maximum Gasteiger partial charge on any atom is 0.0697 e. The van der Waals surface area contributed by atoms with Crippen LogP contribution in [0.1, 0.15) is 30.7 Å². The molecule has 0 aliphatic heterocycles. The second kappa shape index (κ2) is 4.58. The molecule has 1 aromatic carbocycles. The van der Waals surface area contributed by atoms with Crippen LogP contribution in [0.2, 0.25) is 0 Å². The van der Waals surface area contributed by atoms with Crippen LogP contribution in [0.15, 0.2) is 30.5 Å². The summed E-state index contributed by atoms with van der Waals surface area (Å²) in [5.41, 5.74) is 10.3. The van der Waals surface area contributed by atoms with Gasteiger partial charge >= 0.3 is 0 Å². The molecule has 0 saturated carbocycles. The van der Waals surface area contributed by atoms with Crippen LogP contribution in [0.3, 0.4) is 0 Å². The van der Waals surface area contributed by atoms with Gasteiger partial charge in [0.2, 0.25) is 0 Å². The zero-order chi connectivity index (χ0) is 13.3. The molecule has 0 spiro atoms. The third-order valence-electron chi connectivity index (χ3n) is 3.40. The van der Waals surface area contributed by atoms with Gasteiger partial charge in [-0.25, -0.2) is 4.68 Å². The summed E-state index contributed by atoms with van der Waals surface area (Å²) in [6.45, 7) is 9.02. The number of aryl methyl sites for hydroxylation is 2. The van der Waals surface area contributed by atoms with Crippen molar-refractivity contribution in [3.63, 3.8) is 0 Å². The lowest BCUT2D eigenvalue weighted by Crippen LogP contribution is -2.28. The van der Waals surface area contributed by atoms with Crippen molar-refractivity contribution in [1.29, 1.82) is 0 Å². The van der Waals surface area contributed by atoms with Crippen molar-refractivity contribution in [3.05, 3.63) is 47.3 Å². The average Bonchev–Trinajstić information content (AvgIpc) is 2.82. The maximum absolute atomic E-state index is 5.79. The molecule has 0 bridgehead atoms. The molecule has 2 rings (SSSR count). The number of hydrogen-bond acceptors (Lipinski definition) is 2. The summed E-state index contributed by atoms with van der Waals surface area (Å²) in [4.78, 5) is 0. The van der Waals surface area contributed by atoms with Gasteiger partial charge in [0, 0.05) is 18.2 Å². The van der Waals surface area contributed by atoms with Crippen LogP contribution in [-0.4, -0.2) is 16.3 Å². The van der Waals surface area contributed by atoms with E-state index in [1.54, 1.807) is 0 Å². The fraction of sp³-hybridized carbons (Fsp3) is 0.400. The largest absolute Gasteiger partial charge is 0.330 e. The van der Waals surface area contributed by atoms with Gasteiger partial charge in [-0.15, -0.1) is 0 Å². The van der Waals surface area contributed by atoms with E-state index in [0.717, 1.165) is 11.4 Å². The van der Waals surface area contributed by atoms with Crippen molar-refractivity contribution >= 4 is 0 Å². The van der Waals surface area contributed by atoms with Crippen molar-refractivity contribution in [3.8, 4) is 5.69 Å². The molecule has 96 valence electrons. The van der Waals surface area contributed by atoms with Crippen LogP contribution in [0.25, 0.3) is 5.69 Å². The number of nitrogens with two attached hydrogens (primary N) is 1. The Kier molecular flexibility index (Phi) is 3.26. The summed E-state index contributed by atoms with van der Waals surface area (Å²) in [6, 6.07) is 8.45. The Balaban J connectivity index is 2.44. The van der Waals surface area contributed by atoms with E-state index in [1.807, 2.05) is 10.9 Å². The second-order valence-electron chi connectivity index (χ2n) is 5.52. The Bertz CT molecular complexity index is 553. The summed E-state index contributed by atoms with van der Waals surface area (Å²) in [5.74, 6) is 0. The van der Waals surface area contributed by atoms with E-state index in [4.69, 9.17) is 5.73 Å². The minimum Gasteiger partial charge on any atom is -0.330 e. The van der Waals surface area contributed by atoms with Crippen molar-refractivity contribution in [1.82, 2.24) is 9.78 Å². The maximum atomic E-state index is 5.79. The number of aromatic nitrogens is 2. The zero-order valence-corrected chi connectivity index (χ0v) is 11.6. The van der Waals surface area contributed by atoms with Crippen molar-refractivity contribution < 1.29 is 0 Å². The van der Waals surface area contributed by atoms with Crippen LogP contribution < -0.4 is 5.73 Å². The first kappa shape index (κ1) is 12.8. The Hall–Kier alpha value is -1.61. The SMILES string of the molecule is Cc1ccc(C)c(-n2ccc(C(C)(C)CN)n2)c1. The van der Waals surface area contributed by atoms with Gasteiger partial charge in [-0.05, 0) is 37.1 Å².